The van der Waals surface area contributed by atoms with Gasteiger partial charge in [0.25, 0.3) is 0 Å². The number of thiol groups is 6. The molecule has 84 valence electrons. The van der Waals surface area contributed by atoms with Crippen molar-refractivity contribution in [3.63, 3.8) is 0 Å². The summed E-state index contributed by atoms with van der Waals surface area (Å²) in [6.45, 7) is 0. The van der Waals surface area contributed by atoms with Crippen molar-refractivity contribution >= 4 is 81.9 Å². The van der Waals surface area contributed by atoms with Gasteiger partial charge in [0.05, 0.1) is 9.16 Å². The molecule has 0 bridgehead atoms. The van der Waals surface area contributed by atoms with Gasteiger partial charge in [0, 0.05) is 0 Å². The van der Waals surface area contributed by atoms with Gasteiger partial charge in [-0.25, -0.2) is 4.79 Å². The minimum Gasteiger partial charge on any atom is -0.418 e. The highest BCUT2D eigenvalue weighted by Gasteiger charge is 2.20. The number of hydrogen-bond acceptors (Lipinski definition) is 9. The zero-order valence-electron chi connectivity index (χ0n) is 6.72. The number of ether oxygens (including phenoxy) is 2. The molecule has 2 atom stereocenters. The van der Waals surface area contributed by atoms with Crippen molar-refractivity contribution in [3.8, 4) is 0 Å². The Morgan fingerprint density at radius 1 is 0.786 bits per heavy atom. The number of hydrogen-bond donors (Lipinski definition) is 6. The topological polar surface area (TPSA) is 35.5 Å². The highest BCUT2D eigenvalue weighted by atomic mass is 32.2. The molecule has 0 N–H and O–H groups in total. The molecule has 0 amide bonds. The molecular formula is C5H10O3S6. The van der Waals surface area contributed by atoms with Crippen molar-refractivity contribution in [2.45, 2.75) is 20.0 Å². The first-order chi connectivity index (χ1) is 6.34. The molecule has 0 aliphatic rings. The molecule has 0 fully saturated rings. The third-order valence-corrected chi connectivity index (χ3v) is 3.78. The lowest BCUT2D eigenvalue weighted by Gasteiger charge is -2.17. The van der Waals surface area contributed by atoms with E-state index in [1.807, 2.05) is 0 Å². The van der Waals surface area contributed by atoms with E-state index in [0.717, 1.165) is 0 Å². The van der Waals surface area contributed by atoms with Crippen LogP contribution in [0, 0.1) is 0 Å². The summed E-state index contributed by atoms with van der Waals surface area (Å²) in [7, 11) is 0. The van der Waals surface area contributed by atoms with Crippen LogP contribution in [0.5, 0.6) is 0 Å². The minimum atomic E-state index is -0.911. The Labute approximate surface area is 116 Å². The molecule has 0 aromatic rings. The Balaban J connectivity index is 3.87. The van der Waals surface area contributed by atoms with Crippen molar-refractivity contribution < 1.29 is 14.3 Å². The fraction of sp³-hybridized carbons (Fsp3) is 0.800. The molecule has 0 saturated heterocycles. The first-order valence-electron chi connectivity index (χ1n) is 3.30. The smallest absolute Gasteiger partial charge is 0.418 e. The lowest BCUT2D eigenvalue weighted by Crippen LogP contribution is -2.24. The zero-order chi connectivity index (χ0) is 11.3. The Morgan fingerprint density at radius 2 is 1.07 bits per heavy atom. The van der Waals surface area contributed by atoms with Crippen LogP contribution in [-0.4, -0.2) is 26.2 Å². The Bertz CT molecular complexity index is 168. The van der Waals surface area contributed by atoms with Gasteiger partial charge in [0.1, 0.15) is 0 Å². The van der Waals surface area contributed by atoms with Crippen molar-refractivity contribution in [3.05, 3.63) is 0 Å². The number of carbonyl (C=O) groups is 1. The van der Waals surface area contributed by atoms with Crippen molar-refractivity contribution in [2.75, 3.05) is 0 Å². The lowest BCUT2D eigenvalue weighted by atomic mass is 10.8. The van der Waals surface area contributed by atoms with E-state index < -0.39 is 26.2 Å². The van der Waals surface area contributed by atoms with Crippen LogP contribution in [0.25, 0.3) is 0 Å². The molecule has 0 aliphatic carbocycles. The van der Waals surface area contributed by atoms with Crippen molar-refractivity contribution in [1.82, 2.24) is 0 Å². The Hall–Kier alpha value is 1.37. The maximum Gasteiger partial charge on any atom is 0.510 e. The molecule has 0 radical (unpaired) electrons. The standard InChI is InChI=1S/C5H10O3S6/c6-5(7-1(9)3(11)12)8-2(10)4(13)14/h1-4,9-14H. The Kier molecular flexibility index (Phi) is 8.36. The maximum absolute atomic E-state index is 11.0. The van der Waals surface area contributed by atoms with E-state index in [4.69, 9.17) is 0 Å². The molecule has 3 nitrogen and oxygen atoms in total. The van der Waals surface area contributed by atoms with E-state index in [1.165, 1.54) is 0 Å². The van der Waals surface area contributed by atoms with Gasteiger partial charge in [-0.2, -0.15) is 50.5 Å². The number of carbonyl (C=O) groups excluding carboxylic acids is 1. The maximum atomic E-state index is 11.0. The van der Waals surface area contributed by atoms with Crippen LogP contribution in [-0.2, 0) is 9.47 Å². The summed E-state index contributed by atoms with van der Waals surface area (Å²) in [5, 5.41) is 0. The predicted octanol–water partition coefficient (Wildman–Crippen LogP) is 2.02. The summed E-state index contributed by atoms with van der Waals surface area (Å²) in [4.78, 5) is 11.0. The largest absolute Gasteiger partial charge is 0.510 e. The van der Waals surface area contributed by atoms with Crippen LogP contribution in [0.4, 0.5) is 4.79 Å². The van der Waals surface area contributed by atoms with E-state index in [2.05, 4.69) is 85.2 Å². The summed E-state index contributed by atoms with van der Waals surface area (Å²) in [6.07, 6.45) is -0.911. The zero-order valence-corrected chi connectivity index (χ0v) is 12.1. The molecule has 0 rings (SSSR count). The third kappa shape index (κ3) is 6.78. The van der Waals surface area contributed by atoms with Crippen LogP contribution in [0.15, 0.2) is 0 Å². The molecular weight excluding hydrogens is 300 g/mol. The van der Waals surface area contributed by atoms with Crippen molar-refractivity contribution in [2.24, 2.45) is 0 Å². The van der Waals surface area contributed by atoms with Gasteiger partial charge in [-0.15, -0.1) is 25.3 Å². The quantitative estimate of drug-likeness (QED) is 0.273. The molecule has 14 heavy (non-hydrogen) atoms. The van der Waals surface area contributed by atoms with Gasteiger partial charge in [-0.1, -0.05) is 0 Å². The first-order valence-corrected chi connectivity index (χ1v) is 6.40. The van der Waals surface area contributed by atoms with E-state index in [0.29, 0.717) is 0 Å². The molecule has 0 aromatic heterocycles. The monoisotopic (exact) mass is 310 g/mol. The molecule has 9 heteroatoms. The highest BCUT2D eigenvalue weighted by Crippen LogP contribution is 2.18. The molecule has 0 aliphatic heterocycles. The fourth-order valence-electron chi connectivity index (χ4n) is 0.347. The fourth-order valence-corrected chi connectivity index (χ4v) is 0.762. The van der Waals surface area contributed by atoms with Crippen LogP contribution >= 0.6 is 75.8 Å². The van der Waals surface area contributed by atoms with Gasteiger partial charge in [-0.3, -0.25) is 0 Å². The lowest BCUT2D eigenvalue weighted by molar-refractivity contribution is 0.0477. The average molecular weight is 311 g/mol. The molecule has 0 heterocycles. The minimum absolute atomic E-state index is 0.493. The average Bonchev–Trinajstić information content (AvgIpc) is 2.03. The Morgan fingerprint density at radius 3 is 1.29 bits per heavy atom. The summed E-state index contributed by atoms with van der Waals surface area (Å²) >= 11 is 23.4. The second-order valence-electron chi connectivity index (χ2n) is 2.09. The molecule has 0 spiro atoms. The molecule has 2 unspecified atom stereocenters. The van der Waals surface area contributed by atoms with Crippen LogP contribution in [0.1, 0.15) is 0 Å². The van der Waals surface area contributed by atoms with E-state index in [1.54, 1.807) is 0 Å². The molecule has 0 saturated carbocycles. The summed E-state index contributed by atoms with van der Waals surface area (Å²) in [6, 6.07) is 0. The summed E-state index contributed by atoms with van der Waals surface area (Å²) in [5.41, 5.74) is -1.51. The second kappa shape index (κ2) is 7.61. The van der Waals surface area contributed by atoms with E-state index >= 15 is 0 Å². The van der Waals surface area contributed by atoms with Gasteiger partial charge < -0.3 is 9.47 Å². The van der Waals surface area contributed by atoms with Crippen LogP contribution < -0.4 is 0 Å². The third-order valence-electron chi connectivity index (χ3n) is 0.944. The molecule has 0 aromatic carbocycles. The van der Waals surface area contributed by atoms with Crippen LogP contribution in [0.3, 0.4) is 0 Å². The number of rotatable bonds is 4. The van der Waals surface area contributed by atoms with Gasteiger partial charge in [0.15, 0.2) is 10.9 Å². The van der Waals surface area contributed by atoms with E-state index in [9.17, 15) is 4.79 Å². The summed E-state index contributed by atoms with van der Waals surface area (Å²) in [5.74, 6) is 0. The van der Waals surface area contributed by atoms with Crippen molar-refractivity contribution in [1.29, 1.82) is 0 Å². The van der Waals surface area contributed by atoms with Gasteiger partial charge >= 0.3 is 6.16 Å². The summed E-state index contributed by atoms with van der Waals surface area (Å²) < 4.78 is 8.35. The van der Waals surface area contributed by atoms with Gasteiger partial charge in [-0.05, 0) is 0 Å². The van der Waals surface area contributed by atoms with Crippen LogP contribution in [0.2, 0.25) is 0 Å². The first kappa shape index (κ1) is 15.4. The SMILES string of the molecule is O=C(OC(S)C(S)S)OC(S)C(S)S. The highest BCUT2D eigenvalue weighted by molar-refractivity contribution is 8.01. The van der Waals surface area contributed by atoms with Gasteiger partial charge in [0.2, 0.25) is 0 Å². The predicted molar refractivity (Wildman–Crippen MR) is 76.6 cm³/mol. The normalized spacial score (nSPS) is 15.4. The second-order valence-corrected chi connectivity index (χ2v) is 6.15. The van der Waals surface area contributed by atoms with E-state index in [-0.39, 0.29) is 0 Å².